The number of aliphatic hydroxyl groups excluding tert-OH is 1. The average Bonchev–Trinajstić information content (AvgIpc) is 1.96. The van der Waals surface area contributed by atoms with Gasteiger partial charge >= 0.3 is 0 Å². The first kappa shape index (κ1) is 9.41. The van der Waals surface area contributed by atoms with Crippen molar-refractivity contribution in [3.8, 4) is 0 Å². The summed E-state index contributed by atoms with van der Waals surface area (Å²) in [4.78, 5) is 0. The molecule has 2 aliphatic rings. The molecule has 0 saturated heterocycles. The second-order valence-corrected chi connectivity index (χ2v) is 5.08. The molecule has 1 spiro atoms. The third-order valence-corrected chi connectivity index (χ3v) is 3.69. The van der Waals surface area contributed by atoms with Gasteiger partial charge in [-0.05, 0) is 37.5 Å². The highest BCUT2D eigenvalue weighted by molar-refractivity contribution is 5.10. The smallest absolute Gasteiger partial charge is 0.115 e. The first-order chi connectivity index (χ1) is 6.08. The van der Waals surface area contributed by atoms with Crippen LogP contribution >= 0.6 is 0 Å². The Morgan fingerprint density at radius 1 is 1.38 bits per heavy atom. The van der Waals surface area contributed by atoms with Gasteiger partial charge < -0.3 is 10.8 Å². The SMILES string of the molecule is NC1(CC(O)CF)CC2(CCC2)C1. The van der Waals surface area contributed by atoms with Crippen LogP contribution in [0.5, 0.6) is 0 Å². The Bertz CT molecular complexity index is 190. The highest BCUT2D eigenvalue weighted by Crippen LogP contribution is 2.60. The predicted molar refractivity (Wildman–Crippen MR) is 49.0 cm³/mol. The predicted octanol–water partition coefficient (Wildman–Crippen LogP) is 1.37. The highest BCUT2D eigenvalue weighted by atomic mass is 19.1. The lowest BCUT2D eigenvalue weighted by atomic mass is 9.48. The van der Waals surface area contributed by atoms with Crippen molar-refractivity contribution in [1.82, 2.24) is 0 Å². The van der Waals surface area contributed by atoms with Gasteiger partial charge in [0.05, 0.1) is 6.10 Å². The molecule has 2 nitrogen and oxygen atoms in total. The van der Waals surface area contributed by atoms with E-state index in [1.807, 2.05) is 0 Å². The number of hydrogen-bond donors (Lipinski definition) is 2. The third kappa shape index (κ3) is 1.59. The van der Waals surface area contributed by atoms with E-state index in [4.69, 9.17) is 10.8 Å². The Morgan fingerprint density at radius 2 is 2.00 bits per heavy atom. The van der Waals surface area contributed by atoms with E-state index in [9.17, 15) is 4.39 Å². The molecule has 0 bridgehead atoms. The van der Waals surface area contributed by atoms with E-state index >= 15 is 0 Å². The van der Waals surface area contributed by atoms with Crippen LogP contribution in [-0.4, -0.2) is 23.4 Å². The lowest BCUT2D eigenvalue weighted by Gasteiger charge is -2.60. The van der Waals surface area contributed by atoms with Gasteiger partial charge in [0.15, 0.2) is 0 Å². The second kappa shape index (κ2) is 2.92. The van der Waals surface area contributed by atoms with Crippen molar-refractivity contribution >= 4 is 0 Å². The van der Waals surface area contributed by atoms with Crippen LogP contribution in [0.2, 0.25) is 0 Å². The molecule has 1 unspecified atom stereocenters. The van der Waals surface area contributed by atoms with Gasteiger partial charge in [0.1, 0.15) is 6.67 Å². The van der Waals surface area contributed by atoms with E-state index < -0.39 is 12.8 Å². The normalized spacial score (nSPS) is 30.7. The van der Waals surface area contributed by atoms with Crippen LogP contribution in [-0.2, 0) is 0 Å². The van der Waals surface area contributed by atoms with Crippen LogP contribution in [0.4, 0.5) is 4.39 Å². The molecule has 0 aromatic heterocycles. The summed E-state index contributed by atoms with van der Waals surface area (Å²) in [5, 5.41) is 9.16. The first-order valence-electron chi connectivity index (χ1n) is 5.11. The number of nitrogens with two attached hydrogens (primary N) is 1. The van der Waals surface area contributed by atoms with E-state index in [0.717, 1.165) is 12.8 Å². The Labute approximate surface area is 78.3 Å². The van der Waals surface area contributed by atoms with E-state index in [2.05, 4.69) is 0 Å². The molecular formula is C10H18FNO. The molecular weight excluding hydrogens is 169 g/mol. The molecule has 1 atom stereocenters. The van der Waals surface area contributed by atoms with E-state index in [1.165, 1.54) is 19.3 Å². The lowest BCUT2D eigenvalue weighted by molar-refractivity contribution is -0.0642. The Kier molecular flexibility index (Phi) is 2.11. The zero-order valence-corrected chi connectivity index (χ0v) is 7.93. The van der Waals surface area contributed by atoms with Crippen LogP contribution in [0.25, 0.3) is 0 Å². The van der Waals surface area contributed by atoms with Crippen molar-refractivity contribution in [3.05, 3.63) is 0 Å². The fourth-order valence-corrected chi connectivity index (χ4v) is 3.14. The summed E-state index contributed by atoms with van der Waals surface area (Å²) in [6.45, 7) is -0.661. The van der Waals surface area contributed by atoms with Gasteiger partial charge in [-0.2, -0.15) is 0 Å². The summed E-state index contributed by atoms with van der Waals surface area (Å²) in [7, 11) is 0. The van der Waals surface area contributed by atoms with Crippen molar-refractivity contribution in [2.45, 2.75) is 50.2 Å². The summed E-state index contributed by atoms with van der Waals surface area (Å²) in [5.41, 5.74) is 6.28. The maximum absolute atomic E-state index is 12.1. The van der Waals surface area contributed by atoms with Crippen molar-refractivity contribution in [2.24, 2.45) is 11.1 Å². The number of hydrogen-bond acceptors (Lipinski definition) is 2. The largest absolute Gasteiger partial charge is 0.390 e. The summed E-state index contributed by atoms with van der Waals surface area (Å²) in [6, 6.07) is 0. The lowest BCUT2D eigenvalue weighted by Crippen LogP contribution is -2.61. The summed E-state index contributed by atoms with van der Waals surface area (Å²) < 4.78 is 12.1. The molecule has 0 aromatic rings. The standard InChI is InChI=1S/C10H18FNO/c11-5-8(13)4-10(12)6-9(7-10)2-1-3-9/h8,13H,1-7,12H2. The van der Waals surface area contributed by atoms with Gasteiger partial charge in [-0.25, -0.2) is 4.39 Å². The van der Waals surface area contributed by atoms with Gasteiger partial charge in [0.25, 0.3) is 0 Å². The van der Waals surface area contributed by atoms with E-state index in [1.54, 1.807) is 0 Å². The summed E-state index contributed by atoms with van der Waals surface area (Å²) in [5.74, 6) is 0. The van der Waals surface area contributed by atoms with Gasteiger partial charge in [0.2, 0.25) is 0 Å². The van der Waals surface area contributed by atoms with Crippen LogP contribution in [0.15, 0.2) is 0 Å². The third-order valence-electron chi connectivity index (χ3n) is 3.69. The quantitative estimate of drug-likeness (QED) is 0.701. The fourth-order valence-electron chi connectivity index (χ4n) is 3.14. The van der Waals surface area contributed by atoms with Crippen LogP contribution < -0.4 is 5.73 Å². The first-order valence-corrected chi connectivity index (χ1v) is 5.11. The van der Waals surface area contributed by atoms with Crippen LogP contribution in [0.3, 0.4) is 0 Å². The Morgan fingerprint density at radius 3 is 2.38 bits per heavy atom. The van der Waals surface area contributed by atoms with Crippen molar-refractivity contribution < 1.29 is 9.50 Å². The minimum Gasteiger partial charge on any atom is -0.390 e. The Hall–Kier alpha value is -0.150. The molecule has 0 radical (unpaired) electrons. The van der Waals surface area contributed by atoms with Gasteiger partial charge in [0, 0.05) is 5.54 Å². The van der Waals surface area contributed by atoms with Gasteiger partial charge in [-0.15, -0.1) is 0 Å². The zero-order chi connectivity index (χ0) is 9.53. The van der Waals surface area contributed by atoms with Crippen LogP contribution in [0, 0.1) is 5.41 Å². The number of rotatable bonds is 3. The fraction of sp³-hybridized carbons (Fsp3) is 1.00. The molecule has 3 heteroatoms. The van der Waals surface area contributed by atoms with Gasteiger partial charge in [-0.1, -0.05) is 6.42 Å². The minimum atomic E-state index is -0.845. The maximum Gasteiger partial charge on any atom is 0.115 e. The number of alkyl halides is 1. The van der Waals surface area contributed by atoms with Crippen molar-refractivity contribution in [2.75, 3.05) is 6.67 Å². The second-order valence-electron chi connectivity index (χ2n) is 5.08. The summed E-state index contributed by atoms with van der Waals surface area (Å²) in [6.07, 6.45) is 5.48. The van der Waals surface area contributed by atoms with Crippen molar-refractivity contribution in [3.63, 3.8) is 0 Å². The molecule has 2 aliphatic carbocycles. The number of halogens is 1. The molecule has 0 heterocycles. The average molecular weight is 187 g/mol. The molecule has 2 fully saturated rings. The van der Waals surface area contributed by atoms with Gasteiger partial charge in [-0.3, -0.25) is 0 Å². The molecule has 13 heavy (non-hydrogen) atoms. The molecule has 0 amide bonds. The highest BCUT2D eigenvalue weighted by Gasteiger charge is 2.55. The molecule has 2 rings (SSSR count). The zero-order valence-electron chi connectivity index (χ0n) is 7.93. The topological polar surface area (TPSA) is 46.2 Å². The number of aliphatic hydroxyl groups is 1. The molecule has 0 aromatic carbocycles. The molecule has 3 N–H and O–H groups in total. The van der Waals surface area contributed by atoms with E-state index in [0.29, 0.717) is 11.8 Å². The molecule has 2 saturated carbocycles. The Balaban J connectivity index is 1.81. The van der Waals surface area contributed by atoms with Crippen LogP contribution in [0.1, 0.15) is 38.5 Å². The molecule has 76 valence electrons. The monoisotopic (exact) mass is 187 g/mol. The maximum atomic E-state index is 12.1. The van der Waals surface area contributed by atoms with E-state index in [-0.39, 0.29) is 5.54 Å². The summed E-state index contributed by atoms with van der Waals surface area (Å²) >= 11 is 0. The molecule has 0 aliphatic heterocycles. The minimum absolute atomic E-state index is 0.258. The van der Waals surface area contributed by atoms with Crippen molar-refractivity contribution in [1.29, 1.82) is 0 Å².